The van der Waals surface area contributed by atoms with Gasteiger partial charge < -0.3 is 14.9 Å². The monoisotopic (exact) mass is 266 g/mol. The van der Waals surface area contributed by atoms with Gasteiger partial charge in [-0.2, -0.15) is 0 Å². The van der Waals surface area contributed by atoms with Crippen LogP contribution in [0, 0.1) is 5.41 Å². The molecule has 1 aliphatic rings. The highest BCUT2D eigenvalue weighted by Gasteiger charge is 2.36. The zero-order chi connectivity index (χ0) is 13.7. The molecule has 0 aromatic carbocycles. The van der Waals surface area contributed by atoms with Crippen LogP contribution >= 0.6 is 0 Å². The summed E-state index contributed by atoms with van der Waals surface area (Å²) in [5.41, 5.74) is -0.405. The van der Waals surface area contributed by atoms with Crippen molar-refractivity contribution in [3.05, 3.63) is 12.3 Å². The van der Waals surface area contributed by atoms with Gasteiger partial charge in [-0.15, -0.1) is 0 Å². The van der Waals surface area contributed by atoms with Gasteiger partial charge in [0.05, 0.1) is 6.42 Å². The summed E-state index contributed by atoms with van der Waals surface area (Å²) in [6, 6.07) is 1.56. The fourth-order valence-electron chi connectivity index (χ4n) is 2.84. The second-order valence-corrected chi connectivity index (χ2v) is 5.24. The van der Waals surface area contributed by atoms with Crippen molar-refractivity contribution in [1.82, 2.24) is 5.16 Å². The number of anilines is 1. The van der Waals surface area contributed by atoms with Crippen LogP contribution < -0.4 is 5.32 Å². The van der Waals surface area contributed by atoms with Crippen molar-refractivity contribution in [2.45, 2.75) is 44.9 Å². The van der Waals surface area contributed by atoms with Crippen LogP contribution in [0.15, 0.2) is 16.9 Å². The summed E-state index contributed by atoms with van der Waals surface area (Å²) in [4.78, 5) is 23.0. The molecular weight excluding hydrogens is 248 g/mol. The molecule has 0 saturated heterocycles. The largest absolute Gasteiger partial charge is 0.481 e. The number of carboxylic acids is 1. The van der Waals surface area contributed by atoms with Crippen molar-refractivity contribution >= 4 is 17.7 Å². The number of carboxylic acid groups (broad SMARTS) is 1. The zero-order valence-corrected chi connectivity index (χ0v) is 10.7. The van der Waals surface area contributed by atoms with Gasteiger partial charge in [0.2, 0.25) is 5.91 Å². The predicted octanol–water partition coefficient (Wildman–Crippen LogP) is 2.43. The van der Waals surface area contributed by atoms with Crippen LogP contribution in [-0.4, -0.2) is 22.1 Å². The Balaban J connectivity index is 1.98. The van der Waals surface area contributed by atoms with Crippen LogP contribution in [0.3, 0.4) is 0 Å². The number of aromatic nitrogens is 1. The van der Waals surface area contributed by atoms with Gasteiger partial charge in [-0.05, 0) is 18.3 Å². The number of nitrogens with one attached hydrogen (secondary N) is 1. The van der Waals surface area contributed by atoms with E-state index >= 15 is 0 Å². The maximum Gasteiger partial charge on any atom is 0.303 e. The first-order valence-corrected chi connectivity index (χ1v) is 6.52. The van der Waals surface area contributed by atoms with Gasteiger partial charge in [0.25, 0.3) is 0 Å². The number of carbonyl (C=O) groups excluding carboxylic acids is 1. The van der Waals surface area contributed by atoms with E-state index in [2.05, 4.69) is 15.0 Å². The summed E-state index contributed by atoms with van der Waals surface area (Å²) in [5.74, 6) is -0.667. The number of hydrogen-bond acceptors (Lipinski definition) is 4. The van der Waals surface area contributed by atoms with Crippen LogP contribution in [0.2, 0.25) is 0 Å². The molecule has 1 fully saturated rings. The molecule has 1 saturated carbocycles. The lowest BCUT2D eigenvalue weighted by molar-refractivity contribution is -0.140. The lowest BCUT2D eigenvalue weighted by Crippen LogP contribution is -2.32. The molecule has 0 spiro atoms. The van der Waals surface area contributed by atoms with E-state index in [4.69, 9.17) is 5.11 Å². The second kappa shape index (κ2) is 5.86. The number of amides is 1. The highest BCUT2D eigenvalue weighted by Crippen LogP contribution is 2.42. The SMILES string of the molecule is O=C(O)CC1(CC(=O)Nc2ccon2)CCCCC1. The number of hydrogen-bond donors (Lipinski definition) is 2. The van der Waals surface area contributed by atoms with Crippen molar-refractivity contribution in [2.24, 2.45) is 5.41 Å². The van der Waals surface area contributed by atoms with E-state index in [1.54, 1.807) is 6.07 Å². The molecule has 1 heterocycles. The highest BCUT2D eigenvalue weighted by molar-refractivity contribution is 5.90. The molecule has 6 heteroatoms. The Kier molecular flexibility index (Phi) is 4.19. The van der Waals surface area contributed by atoms with Crippen molar-refractivity contribution in [2.75, 3.05) is 5.32 Å². The Morgan fingerprint density at radius 1 is 1.32 bits per heavy atom. The third kappa shape index (κ3) is 3.81. The molecule has 2 rings (SSSR count). The van der Waals surface area contributed by atoms with E-state index in [9.17, 15) is 9.59 Å². The van der Waals surface area contributed by atoms with Gasteiger partial charge in [0.1, 0.15) is 6.26 Å². The minimum absolute atomic E-state index is 0.0548. The molecule has 19 heavy (non-hydrogen) atoms. The Morgan fingerprint density at radius 3 is 2.63 bits per heavy atom. The molecule has 1 aliphatic carbocycles. The number of nitrogens with zero attached hydrogens (tertiary/aromatic N) is 1. The summed E-state index contributed by atoms with van der Waals surface area (Å²) in [7, 11) is 0. The minimum atomic E-state index is -0.837. The molecule has 0 aliphatic heterocycles. The van der Waals surface area contributed by atoms with Gasteiger partial charge >= 0.3 is 5.97 Å². The highest BCUT2D eigenvalue weighted by atomic mass is 16.5. The van der Waals surface area contributed by atoms with E-state index in [1.165, 1.54) is 6.26 Å². The van der Waals surface area contributed by atoms with Crippen LogP contribution in [0.5, 0.6) is 0 Å². The maximum atomic E-state index is 12.0. The molecule has 0 bridgehead atoms. The molecule has 1 aromatic heterocycles. The maximum absolute atomic E-state index is 12.0. The third-order valence-electron chi connectivity index (χ3n) is 3.68. The number of aliphatic carboxylic acids is 1. The Labute approximate surface area is 111 Å². The average molecular weight is 266 g/mol. The molecule has 0 unspecified atom stereocenters. The standard InChI is InChI=1S/C13H18N2O4/c16-11(14-10-4-7-19-15-10)8-13(9-12(17)18)5-2-1-3-6-13/h4,7H,1-3,5-6,8-9H2,(H,17,18)(H,14,15,16). The third-order valence-corrected chi connectivity index (χ3v) is 3.68. The van der Waals surface area contributed by atoms with E-state index in [1.807, 2.05) is 0 Å². The van der Waals surface area contributed by atoms with Gasteiger partial charge in [-0.25, -0.2) is 0 Å². The molecule has 0 atom stereocenters. The molecule has 6 nitrogen and oxygen atoms in total. The number of carbonyl (C=O) groups is 2. The number of rotatable bonds is 5. The molecular formula is C13H18N2O4. The van der Waals surface area contributed by atoms with E-state index in [0.717, 1.165) is 32.1 Å². The van der Waals surface area contributed by atoms with Crippen molar-refractivity contribution in [3.63, 3.8) is 0 Å². The molecule has 0 radical (unpaired) electrons. The van der Waals surface area contributed by atoms with Gasteiger partial charge in [0.15, 0.2) is 5.82 Å². The summed E-state index contributed by atoms with van der Waals surface area (Å²) in [6.07, 6.45) is 6.35. The topological polar surface area (TPSA) is 92.4 Å². The fraction of sp³-hybridized carbons (Fsp3) is 0.615. The lowest BCUT2D eigenvalue weighted by Gasteiger charge is -2.35. The first-order valence-electron chi connectivity index (χ1n) is 6.52. The van der Waals surface area contributed by atoms with Crippen molar-refractivity contribution in [3.8, 4) is 0 Å². The predicted molar refractivity (Wildman–Crippen MR) is 67.5 cm³/mol. The summed E-state index contributed by atoms with van der Waals surface area (Å²) in [5, 5.41) is 15.3. The summed E-state index contributed by atoms with van der Waals surface area (Å²) >= 11 is 0. The Bertz CT molecular complexity index is 436. The molecule has 1 aromatic rings. The van der Waals surface area contributed by atoms with Gasteiger partial charge in [0, 0.05) is 12.5 Å². The van der Waals surface area contributed by atoms with Gasteiger partial charge in [-0.3, -0.25) is 9.59 Å². The molecule has 1 amide bonds. The van der Waals surface area contributed by atoms with Crippen LogP contribution in [0.4, 0.5) is 5.82 Å². The van der Waals surface area contributed by atoms with E-state index in [-0.39, 0.29) is 18.7 Å². The Hall–Kier alpha value is -1.85. The molecule has 2 N–H and O–H groups in total. The minimum Gasteiger partial charge on any atom is -0.481 e. The first kappa shape index (κ1) is 13.6. The molecule has 104 valence electrons. The summed E-state index contributed by atoms with van der Waals surface area (Å²) < 4.78 is 4.64. The van der Waals surface area contributed by atoms with Crippen LogP contribution in [-0.2, 0) is 9.59 Å². The first-order chi connectivity index (χ1) is 9.10. The summed E-state index contributed by atoms with van der Waals surface area (Å²) in [6.45, 7) is 0. The smallest absolute Gasteiger partial charge is 0.303 e. The van der Waals surface area contributed by atoms with Gasteiger partial charge in [-0.1, -0.05) is 24.4 Å². The van der Waals surface area contributed by atoms with Crippen molar-refractivity contribution < 1.29 is 19.2 Å². The quantitative estimate of drug-likeness (QED) is 0.853. The van der Waals surface area contributed by atoms with Crippen LogP contribution in [0.25, 0.3) is 0 Å². The van der Waals surface area contributed by atoms with Crippen LogP contribution in [0.1, 0.15) is 44.9 Å². The van der Waals surface area contributed by atoms with Crippen molar-refractivity contribution in [1.29, 1.82) is 0 Å². The van der Waals surface area contributed by atoms with E-state index in [0.29, 0.717) is 5.82 Å². The zero-order valence-electron chi connectivity index (χ0n) is 10.7. The fourth-order valence-corrected chi connectivity index (χ4v) is 2.84. The normalized spacial score (nSPS) is 17.9. The van der Waals surface area contributed by atoms with E-state index < -0.39 is 11.4 Å². The lowest BCUT2D eigenvalue weighted by atomic mass is 9.69. The second-order valence-electron chi connectivity index (χ2n) is 5.24. The average Bonchev–Trinajstić information content (AvgIpc) is 2.81. The Morgan fingerprint density at radius 2 is 2.05 bits per heavy atom.